The number of hydrogen-bond acceptors (Lipinski definition) is 3. The molecule has 5 nitrogen and oxygen atoms in total. The number of nitrogens with zero attached hydrogens (tertiary/aromatic N) is 2. The van der Waals surface area contributed by atoms with Gasteiger partial charge in [-0.15, -0.1) is 0 Å². The number of halogens is 1. The van der Waals surface area contributed by atoms with Gasteiger partial charge in [-0.2, -0.15) is 10.1 Å². The fourth-order valence-corrected chi connectivity index (χ4v) is 1.65. The second-order valence-electron chi connectivity index (χ2n) is 2.98. The van der Waals surface area contributed by atoms with Gasteiger partial charge >= 0.3 is 6.09 Å². The highest BCUT2D eigenvalue weighted by molar-refractivity contribution is 6.69. The lowest BCUT2D eigenvalue weighted by molar-refractivity contribution is 0.00997. The fourth-order valence-electron chi connectivity index (χ4n) is 1.39. The molecule has 2 N–H and O–H groups in total. The summed E-state index contributed by atoms with van der Waals surface area (Å²) in [4.78, 5) is 10.7. The number of aliphatic hydroxyl groups is 1. The molecule has 0 fully saturated rings. The molecular formula is C9H7ClN2O3. The van der Waals surface area contributed by atoms with E-state index in [0.717, 1.165) is 0 Å². The molecule has 1 aromatic rings. The van der Waals surface area contributed by atoms with Crippen LogP contribution in [0.15, 0.2) is 29.4 Å². The van der Waals surface area contributed by atoms with E-state index in [1.54, 1.807) is 24.3 Å². The molecule has 78 valence electrons. The summed E-state index contributed by atoms with van der Waals surface area (Å²) < 4.78 is 0. The highest BCUT2D eigenvalue weighted by Crippen LogP contribution is 2.28. The Morgan fingerprint density at radius 1 is 1.47 bits per heavy atom. The number of hydrazone groups is 1. The van der Waals surface area contributed by atoms with Crippen LogP contribution >= 0.6 is 11.6 Å². The van der Waals surface area contributed by atoms with Crippen LogP contribution in [0.25, 0.3) is 0 Å². The summed E-state index contributed by atoms with van der Waals surface area (Å²) >= 11 is 5.79. The summed E-state index contributed by atoms with van der Waals surface area (Å²) in [6.07, 6.45) is -2.66. The van der Waals surface area contributed by atoms with Gasteiger partial charge in [-0.3, -0.25) is 0 Å². The smallest absolute Gasteiger partial charge is 0.430 e. The first-order chi connectivity index (χ1) is 7.11. The van der Waals surface area contributed by atoms with Crippen molar-refractivity contribution in [3.63, 3.8) is 0 Å². The minimum absolute atomic E-state index is 0.0540. The minimum atomic E-state index is -1.35. The van der Waals surface area contributed by atoms with Gasteiger partial charge in [0.15, 0.2) is 11.4 Å². The van der Waals surface area contributed by atoms with E-state index >= 15 is 0 Å². The monoisotopic (exact) mass is 226 g/mol. The van der Waals surface area contributed by atoms with Crippen LogP contribution in [0.2, 0.25) is 0 Å². The number of carbonyl (C=O) groups is 1. The zero-order valence-electron chi connectivity index (χ0n) is 7.46. The van der Waals surface area contributed by atoms with Crippen molar-refractivity contribution in [2.75, 3.05) is 0 Å². The van der Waals surface area contributed by atoms with Gasteiger partial charge in [-0.05, 0) is 0 Å². The predicted octanol–water partition coefficient (Wildman–Crippen LogP) is 1.57. The Balaban J connectivity index is 2.54. The molecule has 1 aliphatic rings. The van der Waals surface area contributed by atoms with E-state index in [2.05, 4.69) is 5.10 Å². The molecule has 1 heterocycles. The van der Waals surface area contributed by atoms with Crippen LogP contribution in [0.3, 0.4) is 0 Å². The maximum Gasteiger partial charge on any atom is 0.430 e. The lowest BCUT2D eigenvalue weighted by atomic mass is 10.1. The van der Waals surface area contributed by atoms with Crippen LogP contribution < -0.4 is 0 Å². The predicted molar refractivity (Wildman–Crippen MR) is 53.7 cm³/mol. The van der Waals surface area contributed by atoms with Gasteiger partial charge in [0.1, 0.15) is 0 Å². The van der Waals surface area contributed by atoms with Crippen LogP contribution in [0.4, 0.5) is 4.79 Å². The Hall–Kier alpha value is -1.59. The fraction of sp³-hybridized carbons (Fsp3) is 0.111. The molecule has 0 radical (unpaired) electrons. The molecule has 0 aliphatic carbocycles. The van der Waals surface area contributed by atoms with Crippen molar-refractivity contribution in [2.45, 2.75) is 6.23 Å². The quantitative estimate of drug-likeness (QED) is 0.705. The Kier molecular flexibility index (Phi) is 2.34. The highest BCUT2D eigenvalue weighted by Gasteiger charge is 2.30. The molecule has 0 saturated carbocycles. The summed E-state index contributed by atoms with van der Waals surface area (Å²) in [7, 11) is 0. The molecular weight excluding hydrogens is 220 g/mol. The first kappa shape index (κ1) is 9.95. The molecule has 1 atom stereocenters. The lowest BCUT2D eigenvalue weighted by Crippen LogP contribution is -2.33. The van der Waals surface area contributed by atoms with Crippen LogP contribution in [-0.2, 0) is 0 Å². The number of hydrogen-bond donors (Lipinski definition) is 2. The average molecular weight is 227 g/mol. The van der Waals surface area contributed by atoms with Gasteiger partial charge in [0.05, 0.1) is 0 Å². The van der Waals surface area contributed by atoms with E-state index in [-0.39, 0.29) is 5.17 Å². The molecule has 0 saturated heterocycles. The van der Waals surface area contributed by atoms with Crippen molar-refractivity contribution >= 4 is 22.9 Å². The highest BCUT2D eigenvalue weighted by atomic mass is 35.5. The minimum Gasteiger partial charge on any atom is -0.464 e. The van der Waals surface area contributed by atoms with E-state index in [1.807, 2.05) is 0 Å². The molecule has 0 aromatic heterocycles. The van der Waals surface area contributed by atoms with E-state index < -0.39 is 12.3 Å². The number of benzene rings is 1. The number of aliphatic hydroxyl groups excluding tert-OH is 1. The summed E-state index contributed by atoms with van der Waals surface area (Å²) in [5, 5.41) is 22.6. The normalized spacial score (nSPS) is 19.5. The standard InChI is InChI=1S/C9H7ClN2O3/c10-7-5-3-1-2-4-6(5)8(13)12(11-7)9(14)15/h1-4,8,13H,(H,14,15). The van der Waals surface area contributed by atoms with Gasteiger partial charge in [0, 0.05) is 11.1 Å². The summed E-state index contributed by atoms with van der Waals surface area (Å²) in [5.74, 6) is 0. The Bertz CT molecular complexity index is 447. The maximum atomic E-state index is 10.7. The van der Waals surface area contributed by atoms with Crippen molar-refractivity contribution in [3.05, 3.63) is 35.4 Å². The second-order valence-corrected chi connectivity index (χ2v) is 3.34. The molecule has 6 heteroatoms. The van der Waals surface area contributed by atoms with Gasteiger partial charge in [0.25, 0.3) is 0 Å². The van der Waals surface area contributed by atoms with E-state index in [1.165, 1.54) is 0 Å². The Labute approximate surface area is 90.2 Å². The first-order valence-electron chi connectivity index (χ1n) is 4.15. The van der Waals surface area contributed by atoms with Crippen LogP contribution in [-0.4, -0.2) is 26.5 Å². The first-order valence-corrected chi connectivity index (χ1v) is 4.52. The van der Waals surface area contributed by atoms with E-state index in [0.29, 0.717) is 16.1 Å². The van der Waals surface area contributed by atoms with Crippen molar-refractivity contribution in [2.24, 2.45) is 5.10 Å². The lowest BCUT2D eigenvalue weighted by Gasteiger charge is -2.26. The molecule has 0 bridgehead atoms. The topological polar surface area (TPSA) is 73.1 Å². The molecule has 1 amide bonds. The average Bonchev–Trinajstić information content (AvgIpc) is 2.23. The van der Waals surface area contributed by atoms with Gasteiger partial charge < -0.3 is 10.2 Å². The third-order valence-corrected chi connectivity index (χ3v) is 2.36. The summed E-state index contributed by atoms with van der Waals surface area (Å²) in [6, 6.07) is 6.70. The number of amides is 1. The van der Waals surface area contributed by atoms with Crippen LogP contribution in [0.5, 0.6) is 0 Å². The van der Waals surface area contributed by atoms with Crippen molar-refractivity contribution in [1.82, 2.24) is 5.01 Å². The van der Waals surface area contributed by atoms with Gasteiger partial charge in [-0.25, -0.2) is 4.79 Å². The van der Waals surface area contributed by atoms with Gasteiger partial charge in [-0.1, -0.05) is 35.9 Å². The largest absolute Gasteiger partial charge is 0.464 e. The number of rotatable bonds is 0. The zero-order chi connectivity index (χ0) is 11.0. The number of fused-ring (bicyclic) bond motifs is 1. The van der Waals surface area contributed by atoms with Crippen LogP contribution in [0.1, 0.15) is 17.4 Å². The zero-order valence-corrected chi connectivity index (χ0v) is 8.22. The Morgan fingerprint density at radius 2 is 2.13 bits per heavy atom. The molecule has 0 spiro atoms. The van der Waals surface area contributed by atoms with Crippen molar-refractivity contribution in [1.29, 1.82) is 0 Å². The Morgan fingerprint density at radius 3 is 2.80 bits per heavy atom. The SMILES string of the molecule is O=C(O)N1N=C(Cl)c2ccccc2C1O. The van der Waals surface area contributed by atoms with Crippen LogP contribution in [0, 0.1) is 0 Å². The number of carboxylic acid groups (broad SMARTS) is 1. The summed E-state index contributed by atoms with van der Waals surface area (Å²) in [5.41, 5.74) is 0.976. The van der Waals surface area contributed by atoms with E-state index in [4.69, 9.17) is 16.7 Å². The van der Waals surface area contributed by atoms with Crippen molar-refractivity contribution < 1.29 is 15.0 Å². The van der Waals surface area contributed by atoms with E-state index in [9.17, 15) is 9.90 Å². The molecule has 1 aliphatic heterocycles. The third kappa shape index (κ3) is 1.55. The molecule has 15 heavy (non-hydrogen) atoms. The maximum absolute atomic E-state index is 10.7. The molecule has 1 aromatic carbocycles. The van der Waals surface area contributed by atoms with Gasteiger partial charge in [0.2, 0.25) is 0 Å². The molecule has 1 unspecified atom stereocenters. The van der Waals surface area contributed by atoms with Crippen molar-refractivity contribution in [3.8, 4) is 0 Å². The second kappa shape index (κ2) is 3.52. The molecule has 2 rings (SSSR count). The summed E-state index contributed by atoms with van der Waals surface area (Å²) in [6.45, 7) is 0. The third-order valence-electron chi connectivity index (χ3n) is 2.08.